The van der Waals surface area contributed by atoms with Crippen molar-refractivity contribution in [2.24, 2.45) is 0 Å². The van der Waals surface area contributed by atoms with Crippen LogP contribution in [-0.4, -0.2) is 15.7 Å². The summed E-state index contributed by atoms with van der Waals surface area (Å²) in [7, 11) is 0. The average molecular weight is 289 g/mol. The van der Waals surface area contributed by atoms with Crippen molar-refractivity contribution in [1.82, 2.24) is 9.13 Å². The van der Waals surface area contributed by atoms with Gasteiger partial charge < -0.3 is 10.5 Å². The summed E-state index contributed by atoms with van der Waals surface area (Å²) < 4.78 is 8.09. The number of nitrogens with two attached hydrogens (primary N) is 1. The van der Waals surface area contributed by atoms with E-state index in [2.05, 4.69) is 0 Å². The summed E-state index contributed by atoms with van der Waals surface area (Å²) in [6.45, 7) is 2.88. The molecule has 2 aromatic rings. The van der Waals surface area contributed by atoms with Crippen molar-refractivity contribution in [3.8, 4) is 5.75 Å². The molecule has 1 heterocycles. The van der Waals surface area contributed by atoms with Gasteiger partial charge in [-0.05, 0) is 18.6 Å². The van der Waals surface area contributed by atoms with Crippen LogP contribution in [0.15, 0.2) is 46.1 Å². The van der Waals surface area contributed by atoms with Crippen LogP contribution in [0.1, 0.15) is 13.3 Å². The molecule has 0 amide bonds. The lowest BCUT2D eigenvalue weighted by Gasteiger charge is -2.11. The first-order chi connectivity index (χ1) is 10.1. The molecule has 6 nitrogen and oxygen atoms in total. The van der Waals surface area contributed by atoms with E-state index in [1.165, 1.54) is 10.8 Å². The van der Waals surface area contributed by atoms with Gasteiger partial charge in [-0.15, -0.1) is 0 Å². The van der Waals surface area contributed by atoms with Crippen molar-refractivity contribution in [3.63, 3.8) is 0 Å². The zero-order valence-electron chi connectivity index (χ0n) is 12.0. The monoisotopic (exact) mass is 289 g/mol. The van der Waals surface area contributed by atoms with Crippen molar-refractivity contribution in [2.75, 3.05) is 12.3 Å². The normalized spacial score (nSPS) is 10.5. The van der Waals surface area contributed by atoms with Crippen LogP contribution in [0.2, 0.25) is 0 Å². The predicted octanol–water partition coefficient (Wildman–Crippen LogP) is 1.08. The van der Waals surface area contributed by atoms with Gasteiger partial charge in [0.1, 0.15) is 18.0 Å². The van der Waals surface area contributed by atoms with Crippen LogP contribution >= 0.6 is 0 Å². The van der Waals surface area contributed by atoms with Crippen molar-refractivity contribution in [3.05, 3.63) is 57.4 Å². The van der Waals surface area contributed by atoms with Crippen molar-refractivity contribution in [1.29, 1.82) is 0 Å². The molecule has 21 heavy (non-hydrogen) atoms. The number of rotatable bonds is 6. The van der Waals surface area contributed by atoms with E-state index in [0.717, 1.165) is 11.0 Å². The van der Waals surface area contributed by atoms with Gasteiger partial charge in [-0.2, -0.15) is 0 Å². The number of aromatic nitrogens is 2. The van der Waals surface area contributed by atoms with Gasteiger partial charge in [-0.1, -0.05) is 25.1 Å². The molecule has 2 rings (SSSR count). The Labute approximate surface area is 122 Å². The Morgan fingerprint density at radius 1 is 1.14 bits per heavy atom. The van der Waals surface area contributed by atoms with Crippen LogP contribution in [0.3, 0.4) is 0 Å². The fraction of sp³-hybridized carbons (Fsp3) is 0.333. The molecule has 0 aliphatic carbocycles. The first kappa shape index (κ1) is 14.9. The zero-order valence-corrected chi connectivity index (χ0v) is 12.0. The highest BCUT2D eigenvalue weighted by atomic mass is 16.5. The third-order valence-corrected chi connectivity index (χ3v) is 3.05. The van der Waals surface area contributed by atoms with E-state index in [1.54, 1.807) is 0 Å². The summed E-state index contributed by atoms with van der Waals surface area (Å²) in [6.07, 6.45) is 2.20. The van der Waals surface area contributed by atoms with E-state index in [4.69, 9.17) is 10.5 Å². The largest absolute Gasteiger partial charge is 0.492 e. The maximum absolute atomic E-state index is 12.2. The van der Waals surface area contributed by atoms with Gasteiger partial charge in [-0.25, -0.2) is 4.79 Å². The molecule has 0 fully saturated rings. The van der Waals surface area contributed by atoms with Gasteiger partial charge in [0.2, 0.25) is 0 Å². The van der Waals surface area contributed by atoms with Gasteiger partial charge in [0.25, 0.3) is 5.56 Å². The number of hydrogen-bond acceptors (Lipinski definition) is 4. The van der Waals surface area contributed by atoms with E-state index in [9.17, 15) is 9.59 Å². The minimum absolute atomic E-state index is 0.0720. The molecule has 0 saturated carbocycles. The summed E-state index contributed by atoms with van der Waals surface area (Å²) in [5.74, 6) is 0.698. The predicted molar refractivity (Wildman–Crippen MR) is 81.6 cm³/mol. The number of benzene rings is 1. The minimum Gasteiger partial charge on any atom is -0.492 e. The third-order valence-electron chi connectivity index (χ3n) is 3.05. The number of aryl methyl sites for hydroxylation is 1. The Bertz CT molecular complexity index is 704. The van der Waals surface area contributed by atoms with Crippen molar-refractivity contribution in [2.45, 2.75) is 26.4 Å². The second-order valence-electron chi connectivity index (χ2n) is 4.68. The number of nitrogens with zero attached hydrogens (tertiary/aromatic N) is 2. The number of nitrogen functional groups attached to an aromatic ring is 1. The Kier molecular flexibility index (Phi) is 4.81. The lowest BCUT2D eigenvalue weighted by molar-refractivity contribution is 0.291. The smallest absolute Gasteiger partial charge is 0.331 e. The van der Waals surface area contributed by atoms with E-state index >= 15 is 0 Å². The first-order valence-electron chi connectivity index (χ1n) is 6.91. The van der Waals surface area contributed by atoms with E-state index in [-0.39, 0.29) is 24.5 Å². The molecule has 6 heteroatoms. The molecule has 1 aromatic carbocycles. The summed E-state index contributed by atoms with van der Waals surface area (Å²) >= 11 is 0. The molecule has 0 atom stereocenters. The molecule has 0 aliphatic rings. The Morgan fingerprint density at radius 3 is 2.52 bits per heavy atom. The molecule has 0 radical (unpaired) electrons. The molecular weight excluding hydrogens is 270 g/mol. The van der Waals surface area contributed by atoms with Crippen molar-refractivity contribution < 1.29 is 4.74 Å². The van der Waals surface area contributed by atoms with Gasteiger partial charge in [0, 0.05) is 12.7 Å². The molecule has 0 bridgehead atoms. The lowest BCUT2D eigenvalue weighted by atomic mass is 10.3. The third kappa shape index (κ3) is 3.53. The minimum atomic E-state index is -0.469. The summed E-state index contributed by atoms with van der Waals surface area (Å²) in [6, 6.07) is 9.24. The maximum atomic E-state index is 12.2. The van der Waals surface area contributed by atoms with E-state index in [1.807, 2.05) is 37.3 Å². The van der Waals surface area contributed by atoms with Crippen LogP contribution in [0.4, 0.5) is 5.69 Å². The summed E-state index contributed by atoms with van der Waals surface area (Å²) in [5.41, 5.74) is 4.92. The summed E-state index contributed by atoms with van der Waals surface area (Å²) in [5, 5.41) is 0. The fourth-order valence-corrected chi connectivity index (χ4v) is 2.05. The molecule has 0 unspecified atom stereocenters. The number of ether oxygens (including phenoxy) is 1. The maximum Gasteiger partial charge on any atom is 0.331 e. The molecule has 0 saturated heterocycles. The number of para-hydroxylation sites is 1. The van der Waals surface area contributed by atoms with Crippen LogP contribution in [0.5, 0.6) is 5.75 Å². The standard InChI is InChI=1S/C15H19N3O3/c1-2-8-17-11-13(16)14(19)18(15(17)20)9-10-21-12-6-4-3-5-7-12/h3-7,11H,2,8-10,16H2,1H3. The highest BCUT2D eigenvalue weighted by molar-refractivity contribution is 5.31. The molecular formula is C15H19N3O3. The van der Waals surface area contributed by atoms with E-state index in [0.29, 0.717) is 12.3 Å². The topological polar surface area (TPSA) is 79.2 Å². The van der Waals surface area contributed by atoms with Crippen LogP contribution in [0, 0.1) is 0 Å². The summed E-state index contributed by atoms with van der Waals surface area (Å²) in [4.78, 5) is 24.1. The molecule has 1 aromatic heterocycles. The zero-order chi connectivity index (χ0) is 15.2. The molecule has 0 aliphatic heterocycles. The first-order valence-corrected chi connectivity index (χ1v) is 6.91. The molecule has 112 valence electrons. The molecule has 0 spiro atoms. The quantitative estimate of drug-likeness (QED) is 0.863. The lowest BCUT2D eigenvalue weighted by Crippen LogP contribution is -2.41. The Morgan fingerprint density at radius 2 is 1.86 bits per heavy atom. The number of anilines is 1. The van der Waals surface area contributed by atoms with Crippen molar-refractivity contribution >= 4 is 5.69 Å². The second-order valence-corrected chi connectivity index (χ2v) is 4.68. The van der Waals surface area contributed by atoms with Crippen LogP contribution in [-0.2, 0) is 13.1 Å². The van der Waals surface area contributed by atoms with E-state index < -0.39 is 5.56 Å². The van der Waals surface area contributed by atoms with Gasteiger partial charge in [0.05, 0.1) is 6.54 Å². The van der Waals surface area contributed by atoms with Gasteiger partial charge in [0.15, 0.2) is 0 Å². The highest BCUT2D eigenvalue weighted by Crippen LogP contribution is 2.07. The number of hydrogen-bond donors (Lipinski definition) is 1. The van der Waals surface area contributed by atoms with Crippen LogP contribution in [0.25, 0.3) is 0 Å². The van der Waals surface area contributed by atoms with Gasteiger partial charge in [-0.3, -0.25) is 13.9 Å². The fourth-order valence-electron chi connectivity index (χ4n) is 2.05. The average Bonchev–Trinajstić information content (AvgIpc) is 2.49. The molecule has 2 N–H and O–H groups in total. The highest BCUT2D eigenvalue weighted by Gasteiger charge is 2.09. The SMILES string of the molecule is CCCn1cc(N)c(=O)n(CCOc2ccccc2)c1=O. The van der Waals surface area contributed by atoms with Gasteiger partial charge >= 0.3 is 5.69 Å². The Balaban J connectivity index is 2.16. The van der Waals surface area contributed by atoms with Crippen LogP contribution < -0.4 is 21.7 Å². The Hall–Kier alpha value is -2.50. The second kappa shape index (κ2) is 6.78.